The van der Waals surface area contributed by atoms with Crippen LogP contribution in [0.3, 0.4) is 0 Å². The Kier molecular flexibility index (Phi) is 5.09. The first-order valence-electron chi connectivity index (χ1n) is 10.5. The van der Waals surface area contributed by atoms with Gasteiger partial charge in [0.1, 0.15) is 23.3 Å². The number of H-pyrrole nitrogens is 1. The van der Waals surface area contributed by atoms with E-state index in [1.807, 2.05) is 22.9 Å². The third kappa shape index (κ3) is 3.93. The van der Waals surface area contributed by atoms with Crippen molar-refractivity contribution in [2.24, 2.45) is 0 Å². The third-order valence-electron chi connectivity index (χ3n) is 5.78. The lowest BCUT2D eigenvalue weighted by atomic mass is 10.1. The van der Waals surface area contributed by atoms with Crippen molar-refractivity contribution in [1.82, 2.24) is 24.7 Å². The van der Waals surface area contributed by atoms with Crippen molar-refractivity contribution in [3.63, 3.8) is 0 Å². The highest BCUT2D eigenvalue weighted by Gasteiger charge is 2.21. The van der Waals surface area contributed by atoms with Gasteiger partial charge in [0.15, 0.2) is 0 Å². The summed E-state index contributed by atoms with van der Waals surface area (Å²) in [5.41, 5.74) is 4.25. The Morgan fingerprint density at radius 1 is 1.16 bits per heavy atom. The molecule has 32 heavy (non-hydrogen) atoms. The summed E-state index contributed by atoms with van der Waals surface area (Å²) in [5, 5.41) is 3.51. The average molecular weight is 452 g/mol. The molecule has 1 aromatic carbocycles. The van der Waals surface area contributed by atoms with Crippen LogP contribution in [-0.4, -0.2) is 37.9 Å². The number of imidazole rings is 1. The zero-order valence-electron chi connectivity index (χ0n) is 17.7. The summed E-state index contributed by atoms with van der Waals surface area (Å²) < 4.78 is 7.97. The van der Waals surface area contributed by atoms with Crippen molar-refractivity contribution < 1.29 is 9.53 Å². The molecule has 8 nitrogen and oxygen atoms in total. The number of aromatic nitrogens is 4. The number of ether oxygens (including phenoxy) is 1. The molecule has 1 aliphatic heterocycles. The third-order valence-corrected chi connectivity index (χ3v) is 6.08. The molecule has 1 amide bonds. The molecule has 1 atom stereocenters. The van der Waals surface area contributed by atoms with Gasteiger partial charge in [0.2, 0.25) is 5.91 Å². The molecule has 0 radical (unpaired) electrons. The number of halogens is 1. The topological polar surface area (TPSA) is 101 Å². The van der Waals surface area contributed by atoms with Gasteiger partial charge in [-0.3, -0.25) is 9.59 Å². The van der Waals surface area contributed by atoms with E-state index in [2.05, 4.69) is 34.1 Å². The number of pyridine rings is 1. The Morgan fingerprint density at radius 3 is 2.78 bits per heavy atom. The standard InChI is InChI=1S/C23H22ClN5O3/c1-12-5-21-26-14(11-29(21)10-13(12)2)6-20-27-18-8-19(17(24)7-16(18)23(31)28-20)32-15-3-4-22(30)25-9-15/h5,7-8,10-11,15H,3-4,6,9H2,1-2H3,(H,25,30)(H,27,28,31)/t15-/m0/s1. The van der Waals surface area contributed by atoms with E-state index in [-0.39, 0.29) is 17.6 Å². The highest BCUT2D eigenvalue weighted by Crippen LogP contribution is 2.30. The number of fused-ring (bicyclic) bond motifs is 2. The molecule has 1 aliphatic rings. The van der Waals surface area contributed by atoms with E-state index in [1.165, 1.54) is 11.1 Å². The number of hydrogen-bond acceptors (Lipinski definition) is 5. The first-order chi connectivity index (χ1) is 15.4. The molecule has 9 heteroatoms. The summed E-state index contributed by atoms with van der Waals surface area (Å²) in [7, 11) is 0. The first-order valence-corrected chi connectivity index (χ1v) is 10.8. The molecule has 1 saturated heterocycles. The van der Waals surface area contributed by atoms with Gasteiger partial charge < -0.3 is 19.4 Å². The van der Waals surface area contributed by atoms with Crippen LogP contribution in [-0.2, 0) is 11.2 Å². The minimum Gasteiger partial charge on any atom is -0.487 e. The van der Waals surface area contributed by atoms with Crippen LogP contribution in [0, 0.1) is 13.8 Å². The quantitative estimate of drug-likeness (QED) is 0.496. The van der Waals surface area contributed by atoms with E-state index >= 15 is 0 Å². The van der Waals surface area contributed by atoms with Crippen LogP contribution in [0.2, 0.25) is 5.02 Å². The van der Waals surface area contributed by atoms with Gasteiger partial charge >= 0.3 is 0 Å². The number of aryl methyl sites for hydroxylation is 2. The van der Waals surface area contributed by atoms with Gasteiger partial charge in [-0.05, 0) is 43.5 Å². The fourth-order valence-electron chi connectivity index (χ4n) is 3.90. The second-order valence-corrected chi connectivity index (χ2v) is 8.62. The van der Waals surface area contributed by atoms with Gasteiger partial charge in [0.05, 0.1) is 28.2 Å². The average Bonchev–Trinajstić information content (AvgIpc) is 3.12. The Labute approximate surface area is 188 Å². The molecule has 4 aromatic rings. The number of piperidine rings is 1. The minimum absolute atomic E-state index is 0.0181. The van der Waals surface area contributed by atoms with Gasteiger partial charge in [-0.15, -0.1) is 0 Å². The largest absolute Gasteiger partial charge is 0.487 e. The van der Waals surface area contributed by atoms with Crippen LogP contribution >= 0.6 is 11.6 Å². The zero-order chi connectivity index (χ0) is 22.4. The monoisotopic (exact) mass is 451 g/mol. The molecule has 3 aromatic heterocycles. The van der Waals surface area contributed by atoms with Crippen LogP contribution in [0.1, 0.15) is 35.5 Å². The molecule has 5 rings (SSSR count). The van der Waals surface area contributed by atoms with Crippen molar-refractivity contribution >= 4 is 34.1 Å². The lowest BCUT2D eigenvalue weighted by Crippen LogP contribution is -2.40. The Bertz CT molecular complexity index is 1380. The molecule has 4 heterocycles. The Hall–Kier alpha value is -3.39. The molecule has 0 aliphatic carbocycles. The van der Waals surface area contributed by atoms with E-state index in [1.54, 1.807) is 12.1 Å². The van der Waals surface area contributed by atoms with Crippen LogP contribution < -0.4 is 15.6 Å². The first kappa shape index (κ1) is 20.5. The molecule has 0 unspecified atom stereocenters. The smallest absolute Gasteiger partial charge is 0.258 e. The molecule has 2 N–H and O–H groups in total. The summed E-state index contributed by atoms with van der Waals surface area (Å²) in [6.45, 7) is 4.54. The second-order valence-electron chi connectivity index (χ2n) is 8.21. The number of benzene rings is 1. The van der Waals surface area contributed by atoms with E-state index in [0.717, 1.165) is 11.3 Å². The maximum atomic E-state index is 12.7. The second kappa shape index (κ2) is 7.94. The molecule has 0 saturated carbocycles. The van der Waals surface area contributed by atoms with Crippen LogP contribution in [0.5, 0.6) is 5.75 Å². The normalized spacial score (nSPS) is 16.5. The number of amides is 1. The summed E-state index contributed by atoms with van der Waals surface area (Å²) >= 11 is 6.36. The van der Waals surface area contributed by atoms with Crippen LogP contribution in [0.15, 0.2) is 35.4 Å². The SMILES string of the molecule is Cc1cc2nc(Cc3nc4cc(O[C@H]5CCC(=O)NC5)c(Cl)cc4c(=O)[nH]3)cn2cc1C. The molecular formula is C23H22ClN5O3. The summed E-state index contributed by atoms with van der Waals surface area (Å²) in [6, 6.07) is 5.29. The minimum atomic E-state index is -0.265. The fraction of sp³-hybridized carbons (Fsp3) is 0.304. The Morgan fingerprint density at radius 2 is 2.00 bits per heavy atom. The number of aromatic amines is 1. The molecular weight excluding hydrogens is 430 g/mol. The predicted octanol–water partition coefficient (Wildman–Crippen LogP) is 3.09. The number of nitrogens with zero attached hydrogens (tertiary/aromatic N) is 3. The van der Waals surface area contributed by atoms with E-state index < -0.39 is 0 Å². The number of hydrogen-bond donors (Lipinski definition) is 2. The van der Waals surface area contributed by atoms with Gasteiger partial charge in [0.25, 0.3) is 5.56 Å². The highest BCUT2D eigenvalue weighted by atomic mass is 35.5. The molecule has 164 valence electrons. The van der Waals surface area contributed by atoms with E-state index in [9.17, 15) is 9.59 Å². The lowest BCUT2D eigenvalue weighted by Gasteiger charge is -2.24. The van der Waals surface area contributed by atoms with Crippen molar-refractivity contribution in [2.75, 3.05) is 6.54 Å². The summed E-state index contributed by atoms with van der Waals surface area (Å²) in [5.74, 6) is 0.977. The number of carbonyl (C=O) groups excluding carboxylic acids is 1. The molecule has 0 spiro atoms. The summed E-state index contributed by atoms with van der Waals surface area (Å²) in [4.78, 5) is 36.2. The van der Waals surface area contributed by atoms with Crippen LogP contribution in [0.25, 0.3) is 16.6 Å². The van der Waals surface area contributed by atoms with E-state index in [4.69, 9.17) is 16.3 Å². The van der Waals surface area contributed by atoms with Crippen molar-refractivity contribution in [2.45, 2.75) is 39.2 Å². The predicted molar refractivity (Wildman–Crippen MR) is 122 cm³/mol. The molecule has 0 bridgehead atoms. The van der Waals surface area contributed by atoms with Gasteiger partial charge in [0, 0.05) is 31.3 Å². The van der Waals surface area contributed by atoms with Gasteiger partial charge in [-0.2, -0.15) is 0 Å². The fourth-order valence-corrected chi connectivity index (χ4v) is 4.11. The van der Waals surface area contributed by atoms with Crippen molar-refractivity contribution in [3.05, 3.63) is 68.6 Å². The van der Waals surface area contributed by atoms with Gasteiger partial charge in [-0.1, -0.05) is 11.6 Å². The van der Waals surface area contributed by atoms with E-state index in [0.29, 0.717) is 53.3 Å². The lowest BCUT2D eigenvalue weighted by molar-refractivity contribution is -0.123. The summed E-state index contributed by atoms with van der Waals surface area (Å²) in [6.07, 6.45) is 5.22. The Balaban J connectivity index is 1.46. The number of nitrogens with one attached hydrogen (secondary N) is 2. The van der Waals surface area contributed by atoms with Gasteiger partial charge in [-0.25, -0.2) is 9.97 Å². The van der Waals surface area contributed by atoms with Crippen molar-refractivity contribution in [1.29, 1.82) is 0 Å². The van der Waals surface area contributed by atoms with Crippen molar-refractivity contribution in [3.8, 4) is 5.75 Å². The number of rotatable bonds is 4. The zero-order valence-corrected chi connectivity index (χ0v) is 18.5. The van der Waals surface area contributed by atoms with Crippen LogP contribution in [0.4, 0.5) is 0 Å². The maximum Gasteiger partial charge on any atom is 0.258 e. The molecule has 1 fully saturated rings. The number of carbonyl (C=O) groups is 1. The highest BCUT2D eigenvalue weighted by molar-refractivity contribution is 6.32. The maximum absolute atomic E-state index is 12.7.